The number of thioether (sulfide) groups is 1. The van der Waals surface area contributed by atoms with Gasteiger partial charge in [0.25, 0.3) is 11.1 Å². The van der Waals surface area contributed by atoms with Crippen LogP contribution in [0.3, 0.4) is 0 Å². The molecule has 0 spiro atoms. The van der Waals surface area contributed by atoms with Gasteiger partial charge in [0.15, 0.2) is 0 Å². The first kappa shape index (κ1) is 20.8. The number of rotatable bonds is 9. The number of hydrogen-bond acceptors (Lipinski definition) is 6. The van der Waals surface area contributed by atoms with Crippen molar-refractivity contribution in [1.82, 2.24) is 4.90 Å². The third kappa shape index (κ3) is 5.02. The minimum absolute atomic E-state index is 0.264. The molecule has 0 bridgehead atoms. The lowest BCUT2D eigenvalue weighted by molar-refractivity contribution is -0.122. The number of benzene rings is 1. The van der Waals surface area contributed by atoms with Crippen LogP contribution in [0.25, 0.3) is 6.08 Å². The second kappa shape index (κ2) is 9.99. The van der Waals surface area contributed by atoms with Gasteiger partial charge in [-0.1, -0.05) is 0 Å². The van der Waals surface area contributed by atoms with E-state index >= 15 is 0 Å². The van der Waals surface area contributed by atoms with Gasteiger partial charge < -0.3 is 14.2 Å². The van der Waals surface area contributed by atoms with Crippen molar-refractivity contribution >= 4 is 44.9 Å². The lowest BCUT2D eigenvalue weighted by Crippen LogP contribution is -2.29. The minimum Gasteiger partial charge on any atom is -0.493 e. The fourth-order valence-electron chi connectivity index (χ4n) is 2.41. The topological polar surface area (TPSA) is 65.1 Å². The lowest BCUT2D eigenvalue weighted by atomic mass is 10.1. The molecule has 8 heteroatoms. The van der Waals surface area contributed by atoms with Gasteiger partial charge in [-0.05, 0) is 60.1 Å². The molecular weight excluding hydrogens is 422 g/mol. The Hall–Kier alpha value is -1.51. The first-order valence-electron chi connectivity index (χ1n) is 8.35. The van der Waals surface area contributed by atoms with Gasteiger partial charge in [0.05, 0.1) is 22.6 Å². The van der Waals surface area contributed by atoms with E-state index in [1.54, 1.807) is 19.3 Å². The predicted octanol–water partition coefficient (Wildman–Crippen LogP) is 4.32. The zero-order chi connectivity index (χ0) is 19.1. The normalized spacial score (nSPS) is 15.8. The van der Waals surface area contributed by atoms with E-state index in [1.165, 1.54) is 4.90 Å². The largest absolute Gasteiger partial charge is 0.493 e. The molecule has 0 unspecified atom stereocenters. The molecule has 6 nitrogen and oxygen atoms in total. The van der Waals surface area contributed by atoms with E-state index in [0.29, 0.717) is 54.8 Å². The molecule has 1 aromatic rings. The summed E-state index contributed by atoms with van der Waals surface area (Å²) in [5.74, 6) is 0.981. The zero-order valence-electron chi connectivity index (χ0n) is 15.0. The van der Waals surface area contributed by atoms with Crippen LogP contribution in [-0.4, -0.2) is 49.5 Å². The van der Waals surface area contributed by atoms with E-state index in [0.717, 1.165) is 16.2 Å². The van der Waals surface area contributed by atoms with Crippen LogP contribution in [0.4, 0.5) is 4.79 Å². The molecule has 26 heavy (non-hydrogen) atoms. The maximum Gasteiger partial charge on any atom is 0.293 e. The molecular formula is C18H22BrNO5S. The quantitative estimate of drug-likeness (QED) is 0.418. The van der Waals surface area contributed by atoms with Gasteiger partial charge in [-0.2, -0.15) is 0 Å². The van der Waals surface area contributed by atoms with Gasteiger partial charge >= 0.3 is 0 Å². The molecule has 1 aliphatic rings. The summed E-state index contributed by atoms with van der Waals surface area (Å²) < 4.78 is 17.0. The van der Waals surface area contributed by atoms with Crippen LogP contribution in [-0.2, 0) is 9.53 Å². The first-order chi connectivity index (χ1) is 12.5. The summed E-state index contributed by atoms with van der Waals surface area (Å²) in [4.78, 5) is 26.3. The Bertz CT molecular complexity index is 707. The van der Waals surface area contributed by atoms with Crippen molar-refractivity contribution in [2.75, 3.05) is 33.5 Å². The van der Waals surface area contributed by atoms with E-state index in [2.05, 4.69) is 15.9 Å². The molecule has 0 atom stereocenters. The maximum absolute atomic E-state index is 12.5. The summed E-state index contributed by atoms with van der Waals surface area (Å²) in [6.45, 7) is 5.65. The van der Waals surface area contributed by atoms with E-state index in [1.807, 2.05) is 19.9 Å². The SMILES string of the molecule is CCOc1cc(OCC)c(/C=C2/SC(=O)N(CCCOC)C2=O)cc1Br. The van der Waals surface area contributed by atoms with Crippen LogP contribution in [0.1, 0.15) is 25.8 Å². The average molecular weight is 444 g/mol. The summed E-state index contributed by atoms with van der Waals surface area (Å²) in [5.41, 5.74) is 0.713. The Labute approximate surface area is 166 Å². The van der Waals surface area contributed by atoms with E-state index < -0.39 is 0 Å². The highest BCUT2D eigenvalue weighted by Crippen LogP contribution is 2.38. The molecule has 0 aromatic heterocycles. The zero-order valence-corrected chi connectivity index (χ0v) is 17.4. The van der Waals surface area contributed by atoms with Gasteiger partial charge in [0.1, 0.15) is 11.5 Å². The van der Waals surface area contributed by atoms with Crippen molar-refractivity contribution in [2.45, 2.75) is 20.3 Å². The van der Waals surface area contributed by atoms with Gasteiger partial charge in [-0.15, -0.1) is 0 Å². The molecule has 1 aliphatic heterocycles. The number of halogens is 1. The number of imide groups is 1. The Morgan fingerprint density at radius 2 is 1.85 bits per heavy atom. The minimum atomic E-state index is -0.288. The molecule has 0 saturated carbocycles. The van der Waals surface area contributed by atoms with Crippen LogP contribution < -0.4 is 9.47 Å². The Morgan fingerprint density at radius 1 is 1.15 bits per heavy atom. The average Bonchev–Trinajstić information content (AvgIpc) is 2.86. The van der Waals surface area contributed by atoms with Crippen molar-refractivity contribution in [3.8, 4) is 11.5 Å². The van der Waals surface area contributed by atoms with Crippen LogP contribution in [0.15, 0.2) is 21.5 Å². The van der Waals surface area contributed by atoms with Crippen LogP contribution in [0.5, 0.6) is 11.5 Å². The smallest absolute Gasteiger partial charge is 0.293 e. The molecule has 0 N–H and O–H groups in total. The van der Waals surface area contributed by atoms with Gasteiger partial charge in [0, 0.05) is 31.9 Å². The second-order valence-corrected chi connectivity index (χ2v) is 7.21. The third-order valence-corrected chi connectivity index (χ3v) is 5.08. The summed E-state index contributed by atoms with van der Waals surface area (Å²) in [6.07, 6.45) is 2.30. The standard InChI is InChI=1S/C18H22BrNO5S/c1-4-24-14-11-15(25-5-2)13(19)9-12(14)10-16-17(21)20(18(22)26-16)7-6-8-23-3/h9-11H,4-8H2,1-3H3/b16-10+. The van der Waals surface area contributed by atoms with Crippen molar-refractivity contribution in [3.63, 3.8) is 0 Å². The van der Waals surface area contributed by atoms with Crippen molar-refractivity contribution < 1.29 is 23.8 Å². The highest BCUT2D eigenvalue weighted by Gasteiger charge is 2.34. The van der Waals surface area contributed by atoms with E-state index in [-0.39, 0.29) is 11.1 Å². The number of carbonyl (C=O) groups is 2. The number of nitrogens with zero attached hydrogens (tertiary/aromatic N) is 1. The number of carbonyl (C=O) groups excluding carboxylic acids is 2. The summed E-state index contributed by atoms with van der Waals surface area (Å²) >= 11 is 4.41. The number of ether oxygens (including phenoxy) is 3. The van der Waals surface area contributed by atoms with Crippen LogP contribution in [0, 0.1) is 0 Å². The summed E-state index contributed by atoms with van der Waals surface area (Å²) in [6, 6.07) is 3.61. The van der Waals surface area contributed by atoms with Gasteiger partial charge in [-0.3, -0.25) is 14.5 Å². The Balaban J connectivity index is 2.29. The molecule has 142 valence electrons. The first-order valence-corrected chi connectivity index (χ1v) is 9.96. The molecule has 1 heterocycles. The predicted molar refractivity (Wildman–Crippen MR) is 106 cm³/mol. The molecule has 0 radical (unpaired) electrons. The lowest BCUT2D eigenvalue weighted by Gasteiger charge is -2.13. The van der Waals surface area contributed by atoms with Gasteiger partial charge in [-0.25, -0.2) is 0 Å². The maximum atomic E-state index is 12.5. The van der Waals surface area contributed by atoms with E-state index in [9.17, 15) is 9.59 Å². The summed E-state index contributed by atoms with van der Waals surface area (Å²) in [5, 5.41) is -0.264. The van der Waals surface area contributed by atoms with Crippen molar-refractivity contribution in [1.29, 1.82) is 0 Å². The molecule has 2 amide bonds. The third-order valence-electron chi connectivity index (χ3n) is 3.55. The number of amides is 2. The molecule has 2 rings (SSSR count). The highest BCUT2D eigenvalue weighted by atomic mass is 79.9. The Morgan fingerprint density at radius 3 is 2.50 bits per heavy atom. The molecule has 1 fully saturated rings. The van der Waals surface area contributed by atoms with E-state index in [4.69, 9.17) is 14.2 Å². The fraction of sp³-hybridized carbons (Fsp3) is 0.444. The van der Waals surface area contributed by atoms with Crippen LogP contribution in [0.2, 0.25) is 0 Å². The summed E-state index contributed by atoms with van der Waals surface area (Å²) in [7, 11) is 1.59. The van der Waals surface area contributed by atoms with Crippen LogP contribution >= 0.6 is 27.7 Å². The van der Waals surface area contributed by atoms with Crippen molar-refractivity contribution in [2.24, 2.45) is 0 Å². The number of hydrogen-bond donors (Lipinski definition) is 0. The van der Waals surface area contributed by atoms with Gasteiger partial charge in [0.2, 0.25) is 0 Å². The number of methoxy groups -OCH3 is 1. The van der Waals surface area contributed by atoms with Crippen molar-refractivity contribution in [3.05, 3.63) is 27.1 Å². The second-order valence-electron chi connectivity index (χ2n) is 5.37. The molecule has 1 aromatic carbocycles. The molecule has 1 saturated heterocycles. The molecule has 0 aliphatic carbocycles. The Kier molecular flexibility index (Phi) is 7.99. The fourth-order valence-corrected chi connectivity index (χ4v) is 3.74. The highest BCUT2D eigenvalue weighted by molar-refractivity contribution is 9.10. The monoisotopic (exact) mass is 443 g/mol.